The predicted molar refractivity (Wildman–Crippen MR) is 124 cm³/mol. The number of nitrogens with zero attached hydrogens (tertiary/aromatic N) is 1. The number of thiocarbonyl (C=S) groups is 1. The van der Waals surface area contributed by atoms with E-state index in [9.17, 15) is 5.26 Å². The number of nitriles is 1. The molecule has 2 aromatic carbocycles. The Kier molecular flexibility index (Phi) is 8.05. The van der Waals surface area contributed by atoms with Gasteiger partial charge in [0.25, 0.3) is 0 Å². The van der Waals surface area contributed by atoms with Crippen LogP contribution in [-0.2, 0) is 6.54 Å². The summed E-state index contributed by atoms with van der Waals surface area (Å²) in [5, 5.41) is 12.7. The van der Waals surface area contributed by atoms with Crippen LogP contribution in [-0.4, -0.2) is 19.2 Å². The molecule has 4 nitrogen and oxygen atoms in total. The summed E-state index contributed by atoms with van der Waals surface area (Å²) in [5.41, 5.74) is 4.59. The van der Waals surface area contributed by atoms with Gasteiger partial charge in [0.05, 0.1) is 24.3 Å². The van der Waals surface area contributed by atoms with Gasteiger partial charge in [0.15, 0.2) is 11.5 Å². The number of hydrogen-bond donors (Lipinski definition) is 1. The van der Waals surface area contributed by atoms with E-state index in [1.807, 2.05) is 38.1 Å². The van der Waals surface area contributed by atoms with Crippen LogP contribution in [0.5, 0.6) is 11.5 Å². The van der Waals surface area contributed by atoms with Crippen LogP contribution in [0.2, 0.25) is 0 Å². The first kappa shape index (κ1) is 22.4. The molecule has 28 heavy (non-hydrogen) atoms. The molecule has 0 atom stereocenters. The number of nitrogens with one attached hydrogen (secondary N) is 1. The first-order chi connectivity index (χ1) is 13.3. The van der Waals surface area contributed by atoms with E-state index in [1.54, 1.807) is 20.3 Å². The molecule has 0 radical (unpaired) electrons. The molecule has 7 heteroatoms. The van der Waals surface area contributed by atoms with Crippen molar-refractivity contribution in [3.63, 3.8) is 0 Å². The van der Waals surface area contributed by atoms with E-state index in [2.05, 4.69) is 43.2 Å². The highest BCUT2D eigenvalue weighted by Gasteiger charge is 2.12. The standard InChI is InChI=1S/C21H20Br2N2O2S/c1-12-5-14(7-17(22)13(12)2)6-16(10-24)21(28)25-11-15-8-18(23)20(27-4)19(9-15)26-3/h5-9H,11H2,1-4H3,(H,25,28)/b16-6+. The third-order valence-corrected chi connectivity index (χ3v) is 6.03. The van der Waals surface area contributed by atoms with Crippen molar-refractivity contribution in [2.75, 3.05) is 14.2 Å². The van der Waals surface area contributed by atoms with Gasteiger partial charge in [-0.1, -0.05) is 34.2 Å². The predicted octanol–water partition coefficient (Wildman–Crippen LogP) is 5.87. The molecule has 0 aliphatic heterocycles. The van der Waals surface area contributed by atoms with E-state index in [0.29, 0.717) is 28.6 Å². The van der Waals surface area contributed by atoms with Gasteiger partial charge in [0.2, 0.25) is 0 Å². The summed E-state index contributed by atoms with van der Waals surface area (Å²) in [4.78, 5) is 0.391. The number of aryl methyl sites for hydroxylation is 1. The Morgan fingerprint density at radius 1 is 1.14 bits per heavy atom. The van der Waals surface area contributed by atoms with Gasteiger partial charge in [-0.3, -0.25) is 0 Å². The fourth-order valence-electron chi connectivity index (χ4n) is 2.59. The maximum absolute atomic E-state index is 9.54. The Morgan fingerprint density at radius 2 is 1.86 bits per heavy atom. The topological polar surface area (TPSA) is 54.3 Å². The average molecular weight is 524 g/mol. The van der Waals surface area contributed by atoms with E-state index in [0.717, 1.165) is 25.6 Å². The summed E-state index contributed by atoms with van der Waals surface area (Å²) in [6, 6.07) is 9.99. The molecular formula is C21H20Br2N2O2S. The second-order valence-corrected chi connectivity index (χ2v) is 8.23. The SMILES string of the molecule is COc1cc(CNC(=S)/C(C#N)=C/c2cc(C)c(C)c(Br)c2)cc(Br)c1OC. The largest absolute Gasteiger partial charge is 0.493 e. The van der Waals surface area contributed by atoms with Crippen LogP contribution >= 0.6 is 44.1 Å². The van der Waals surface area contributed by atoms with Crippen LogP contribution in [0.25, 0.3) is 6.08 Å². The minimum atomic E-state index is 0.391. The number of rotatable bonds is 6. The third-order valence-electron chi connectivity index (χ3n) is 4.25. The van der Waals surface area contributed by atoms with Crippen LogP contribution in [0, 0.1) is 25.2 Å². The smallest absolute Gasteiger partial charge is 0.174 e. The number of ether oxygens (including phenoxy) is 2. The number of halogens is 2. The van der Waals surface area contributed by atoms with Crippen molar-refractivity contribution < 1.29 is 9.47 Å². The molecule has 0 bridgehead atoms. The Balaban J connectivity index is 2.19. The lowest BCUT2D eigenvalue weighted by atomic mass is 10.0. The minimum absolute atomic E-state index is 0.391. The van der Waals surface area contributed by atoms with Crippen LogP contribution in [0.4, 0.5) is 0 Å². The summed E-state index contributed by atoms with van der Waals surface area (Å²) < 4.78 is 12.5. The van der Waals surface area contributed by atoms with E-state index < -0.39 is 0 Å². The molecule has 0 aliphatic rings. The molecule has 0 saturated heterocycles. The van der Waals surface area contributed by atoms with Crippen molar-refractivity contribution in [1.29, 1.82) is 5.26 Å². The lowest BCUT2D eigenvalue weighted by Crippen LogP contribution is -2.22. The van der Waals surface area contributed by atoms with Gasteiger partial charge < -0.3 is 14.8 Å². The molecular weight excluding hydrogens is 504 g/mol. The molecule has 0 amide bonds. The van der Waals surface area contributed by atoms with E-state index in [-0.39, 0.29) is 0 Å². The molecule has 0 saturated carbocycles. The molecule has 146 valence electrons. The zero-order valence-electron chi connectivity index (χ0n) is 16.0. The van der Waals surface area contributed by atoms with Gasteiger partial charge in [0, 0.05) is 11.0 Å². The van der Waals surface area contributed by atoms with E-state index in [4.69, 9.17) is 21.7 Å². The molecule has 0 heterocycles. The van der Waals surface area contributed by atoms with Gasteiger partial charge in [-0.05, 0) is 76.3 Å². The maximum atomic E-state index is 9.54. The lowest BCUT2D eigenvalue weighted by molar-refractivity contribution is 0.352. The van der Waals surface area contributed by atoms with Crippen molar-refractivity contribution in [2.45, 2.75) is 20.4 Å². The van der Waals surface area contributed by atoms with Crippen LogP contribution in [0.3, 0.4) is 0 Å². The molecule has 0 unspecified atom stereocenters. The second-order valence-electron chi connectivity index (χ2n) is 6.11. The normalized spacial score (nSPS) is 11.0. The molecule has 0 aromatic heterocycles. The highest BCUT2D eigenvalue weighted by Crippen LogP contribution is 2.36. The van der Waals surface area contributed by atoms with E-state index in [1.165, 1.54) is 5.56 Å². The molecule has 1 N–H and O–H groups in total. The summed E-state index contributed by atoms with van der Waals surface area (Å²) >= 11 is 12.5. The van der Waals surface area contributed by atoms with Crippen molar-refractivity contribution >= 4 is 55.1 Å². The van der Waals surface area contributed by atoms with E-state index >= 15 is 0 Å². The Bertz CT molecular complexity index is 958. The lowest BCUT2D eigenvalue weighted by Gasteiger charge is -2.13. The van der Waals surface area contributed by atoms with Crippen molar-refractivity contribution in [2.24, 2.45) is 0 Å². The summed E-state index contributed by atoms with van der Waals surface area (Å²) in [5.74, 6) is 1.25. The highest BCUT2D eigenvalue weighted by molar-refractivity contribution is 9.10. The molecule has 2 rings (SSSR count). The number of methoxy groups -OCH3 is 2. The second kappa shape index (κ2) is 10.1. The summed E-state index contributed by atoms with van der Waals surface area (Å²) in [6.07, 6.45) is 1.79. The number of hydrogen-bond acceptors (Lipinski definition) is 4. The molecule has 0 fully saturated rings. The van der Waals surface area contributed by atoms with Gasteiger partial charge in [-0.15, -0.1) is 0 Å². The average Bonchev–Trinajstić information content (AvgIpc) is 2.67. The summed E-state index contributed by atoms with van der Waals surface area (Å²) in [7, 11) is 3.18. The van der Waals surface area contributed by atoms with Crippen molar-refractivity contribution in [1.82, 2.24) is 5.32 Å². The van der Waals surface area contributed by atoms with Gasteiger partial charge in [-0.25, -0.2) is 0 Å². The Hall–Kier alpha value is -1.88. The summed E-state index contributed by atoms with van der Waals surface area (Å²) in [6.45, 7) is 4.54. The molecule has 0 aliphatic carbocycles. The number of benzene rings is 2. The zero-order chi connectivity index (χ0) is 20.8. The minimum Gasteiger partial charge on any atom is -0.493 e. The van der Waals surface area contributed by atoms with Gasteiger partial charge in [0.1, 0.15) is 11.1 Å². The van der Waals surface area contributed by atoms with Gasteiger partial charge >= 0.3 is 0 Å². The fraction of sp³-hybridized carbons (Fsp3) is 0.238. The quantitative estimate of drug-likeness (QED) is 0.291. The maximum Gasteiger partial charge on any atom is 0.174 e. The zero-order valence-corrected chi connectivity index (χ0v) is 20.0. The Labute approximate surface area is 187 Å². The first-order valence-electron chi connectivity index (χ1n) is 8.37. The highest BCUT2D eigenvalue weighted by atomic mass is 79.9. The Morgan fingerprint density at radius 3 is 2.43 bits per heavy atom. The van der Waals surface area contributed by atoms with Crippen LogP contribution in [0.1, 0.15) is 22.3 Å². The van der Waals surface area contributed by atoms with Crippen molar-refractivity contribution in [3.8, 4) is 17.6 Å². The molecule has 0 spiro atoms. The van der Waals surface area contributed by atoms with Gasteiger partial charge in [-0.2, -0.15) is 5.26 Å². The van der Waals surface area contributed by atoms with Crippen LogP contribution in [0.15, 0.2) is 38.8 Å². The first-order valence-corrected chi connectivity index (χ1v) is 10.4. The fourth-order valence-corrected chi connectivity index (χ4v) is 4.00. The monoisotopic (exact) mass is 522 g/mol. The molecule has 2 aromatic rings. The van der Waals surface area contributed by atoms with Crippen molar-refractivity contribution in [3.05, 3.63) is 61.0 Å². The van der Waals surface area contributed by atoms with Crippen LogP contribution < -0.4 is 14.8 Å². The third kappa shape index (κ3) is 5.34.